The minimum absolute atomic E-state index is 0. The molecular formula is C54H48Cl2Hf. The molecule has 1 saturated heterocycles. The van der Waals surface area contributed by atoms with Gasteiger partial charge >= 0.3 is 332 Å². The molecule has 1 aliphatic heterocycles. The second-order valence-electron chi connectivity index (χ2n) is 16.5. The summed E-state index contributed by atoms with van der Waals surface area (Å²) in [6.07, 6.45) is 10.2. The van der Waals surface area contributed by atoms with Gasteiger partial charge in [-0.05, 0) is 0 Å². The molecule has 2 atom stereocenters. The predicted molar refractivity (Wildman–Crippen MR) is 249 cm³/mol. The summed E-state index contributed by atoms with van der Waals surface area (Å²) in [4.78, 5) is 0. The molecule has 0 amide bonds. The Balaban J connectivity index is 0.00000211. The van der Waals surface area contributed by atoms with E-state index in [1.807, 2.05) is 0 Å². The number of halogens is 2. The smallest absolute Gasteiger partial charge is 0.147 e. The first-order chi connectivity index (χ1) is 27.2. The third-order valence-corrected chi connectivity index (χ3v) is 32.5. The maximum Gasteiger partial charge on any atom is -0.147 e. The normalized spacial score (nSPS) is 17.5. The van der Waals surface area contributed by atoms with Crippen LogP contribution in [0.25, 0.3) is 77.5 Å². The zero-order valence-corrected chi connectivity index (χ0v) is 38.0. The first kappa shape index (κ1) is 38.3. The van der Waals surface area contributed by atoms with Gasteiger partial charge in [0, 0.05) is 0 Å². The largest absolute Gasteiger partial charge is 0.147 e. The van der Waals surface area contributed by atoms with Gasteiger partial charge in [-0.25, -0.2) is 0 Å². The van der Waals surface area contributed by atoms with E-state index in [4.69, 9.17) is 0 Å². The summed E-state index contributed by atoms with van der Waals surface area (Å²) in [6, 6.07) is 55.7. The van der Waals surface area contributed by atoms with Gasteiger partial charge < -0.3 is 0 Å². The van der Waals surface area contributed by atoms with Crippen LogP contribution in [0.4, 0.5) is 0 Å². The summed E-state index contributed by atoms with van der Waals surface area (Å²) in [5.74, 6) is 0. The van der Waals surface area contributed by atoms with Gasteiger partial charge in [0.05, 0.1) is 0 Å². The molecule has 0 radical (unpaired) electrons. The molecule has 11 rings (SSSR count). The van der Waals surface area contributed by atoms with Crippen LogP contribution in [-0.2, 0) is 20.0 Å². The van der Waals surface area contributed by atoms with Crippen molar-refractivity contribution in [3.05, 3.63) is 179 Å². The van der Waals surface area contributed by atoms with Gasteiger partial charge in [-0.15, -0.1) is 24.8 Å². The molecule has 8 aromatic rings. The predicted octanol–water partition coefficient (Wildman–Crippen LogP) is 16.7. The van der Waals surface area contributed by atoms with Crippen molar-refractivity contribution >= 4 is 80.1 Å². The van der Waals surface area contributed by atoms with Crippen molar-refractivity contribution in [2.45, 2.75) is 55.2 Å². The summed E-state index contributed by atoms with van der Waals surface area (Å²) >= 11 is -3.13. The first-order valence-electron chi connectivity index (χ1n) is 20.7. The molecule has 0 N–H and O–H groups in total. The molecule has 8 aromatic carbocycles. The van der Waals surface area contributed by atoms with Gasteiger partial charge in [0.1, 0.15) is 0 Å². The first-order valence-corrected chi connectivity index (χ1v) is 29.9. The number of rotatable bonds is 8. The van der Waals surface area contributed by atoms with Gasteiger partial charge in [-0.3, -0.25) is 0 Å². The van der Waals surface area contributed by atoms with Crippen LogP contribution in [0.15, 0.2) is 157 Å². The van der Waals surface area contributed by atoms with Crippen LogP contribution in [-0.4, -0.2) is 0 Å². The number of benzene rings is 8. The maximum absolute atomic E-state index is 3.13. The molecule has 1 heterocycles. The monoisotopic (exact) mass is 946 g/mol. The Kier molecular flexibility index (Phi) is 10.2. The second kappa shape index (κ2) is 15.2. The minimum Gasteiger partial charge on any atom is -0.147 e. The van der Waals surface area contributed by atoms with E-state index in [0.717, 1.165) is 0 Å². The molecule has 3 aliphatic rings. The van der Waals surface area contributed by atoms with Gasteiger partial charge in [0.25, 0.3) is 0 Å². The van der Waals surface area contributed by atoms with Crippen molar-refractivity contribution in [3.8, 4) is 22.3 Å². The van der Waals surface area contributed by atoms with E-state index in [9.17, 15) is 0 Å². The third kappa shape index (κ3) is 5.94. The fraction of sp³-hybridized carbons (Fsp3) is 0.185. The van der Waals surface area contributed by atoms with Gasteiger partial charge in [0.2, 0.25) is 0 Å². The molecule has 2 unspecified atom stereocenters. The molecule has 282 valence electrons. The van der Waals surface area contributed by atoms with E-state index in [1.54, 1.807) is 22.3 Å². The van der Waals surface area contributed by atoms with Crippen LogP contribution in [0.3, 0.4) is 0 Å². The average molecular weight is 946 g/mol. The Bertz CT molecular complexity index is 2630. The number of hydrogen-bond acceptors (Lipinski definition) is 0. The molecule has 3 heteroatoms. The molecule has 0 spiro atoms. The Hall–Kier alpha value is -4.27. The third-order valence-electron chi connectivity index (χ3n) is 13.4. The van der Waals surface area contributed by atoms with Gasteiger partial charge in [0.15, 0.2) is 0 Å². The summed E-state index contributed by atoms with van der Waals surface area (Å²) in [5.41, 5.74) is 15.5. The summed E-state index contributed by atoms with van der Waals surface area (Å²) in [6.45, 7) is 4.79. The molecular weight excluding hydrogens is 898 g/mol. The average Bonchev–Trinajstić information content (AvgIpc) is 3.77. The van der Waals surface area contributed by atoms with Crippen molar-refractivity contribution in [1.82, 2.24) is 0 Å². The van der Waals surface area contributed by atoms with Crippen LogP contribution in [0.2, 0.25) is 8.35 Å². The van der Waals surface area contributed by atoms with Crippen LogP contribution in [0.1, 0.15) is 69.1 Å². The topological polar surface area (TPSA) is 0 Å². The van der Waals surface area contributed by atoms with Crippen LogP contribution < -0.4 is 0 Å². The van der Waals surface area contributed by atoms with Gasteiger partial charge in [-0.1, -0.05) is 0 Å². The maximum atomic E-state index is 2.70. The number of hydrogen-bond donors (Lipinski definition) is 0. The van der Waals surface area contributed by atoms with E-state index in [-0.39, 0.29) is 24.8 Å². The van der Waals surface area contributed by atoms with Crippen LogP contribution in [0, 0.1) is 0 Å². The van der Waals surface area contributed by atoms with E-state index >= 15 is 0 Å². The van der Waals surface area contributed by atoms with Crippen molar-refractivity contribution in [3.63, 3.8) is 0 Å². The molecule has 1 fully saturated rings. The summed E-state index contributed by atoms with van der Waals surface area (Å²) in [5, 5.41) is 10.7. The quantitative estimate of drug-likeness (QED) is 0.105. The number of allylic oxidation sites excluding steroid dienone is 2. The molecule has 0 saturated carbocycles. The fourth-order valence-corrected chi connectivity index (χ4v) is 39.3. The molecule has 2 aliphatic carbocycles. The van der Waals surface area contributed by atoms with E-state index < -0.39 is 20.0 Å². The Morgan fingerprint density at radius 1 is 0.439 bits per heavy atom. The SMILES string of the molecule is CCCC1=Cc2c(-c3c4ccccc4cc4ccccc34)cccc2[CH]1[Hf]1([CH]2C(CCC)=Cc3c(-c4c5ccccc5cc5ccccc45)cccc32)[CH2][CH2]1.Cl.Cl. The molecule has 0 nitrogen and oxygen atoms in total. The standard InChI is InChI=1S/2C26H21.C2H4.2ClH.Hf/c2*1-2-8-18-15-19-11-7-14-24(25(19)16-18)26-22-12-5-3-9-20(22)17-21-10-4-6-13-23(21)26;1-2;;;/h2*3-7,9-17H,2,8H2,1H3;1-2H2;2*1H;. The second-order valence-corrected chi connectivity index (χ2v) is 33.1. The van der Waals surface area contributed by atoms with Crippen LogP contribution >= 0.6 is 24.8 Å². The van der Waals surface area contributed by atoms with Crippen molar-refractivity contribution in [2.24, 2.45) is 0 Å². The molecule has 0 aromatic heterocycles. The van der Waals surface area contributed by atoms with E-state index in [2.05, 4.69) is 172 Å². The molecule has 0 bridgehead atoms. The van der Waals surface area contributed by atoms with Gasteiger partial charge in [-0.2, -0.15) is 0 Å². The zero-order chi connectivity index (χ0) is 36.7. The van der Waals surface area contributed by atoms with Crippen molar-refractivity contribution in [1.29, 1.82) is 0 Å². The number of fused-ring (bicyclic) bond motifs is 6. The zero-order valence-electron chi connectivity index (χ0n) is 32.7. The Labute approximate surface area is 353 Å². The van der Waals surface area contributed by atoms with E-state index in [0.29, 0.717) is 7.35 Å². The molecule has 57 heavy (non-hydrogen) atoms. The Morgan fingerprint density at radius 2 is 0.789 bits per heavy atom. The van der Waals surface area contributed by atoms with E-state index in [1.165, 1.54) is 111 Å². The van der Waals surface area contributed by atoms with Crippen molar-refractivity contribution < 1.29 is 20.0 Å². The van der Waals surface area contributed by atoms with Crippen molar-refractivity contribution in [2.75, 3.05) is 0 Å². The van der Waals surface area contributed by atoms with Crippen LogP contribution in [0.5, 0.6) is 0 Å². The summed E-state index contributed by atoms with van der Waals surface area (Å²) < 4.78 is 4.27. The fourth-order valence-electron chi connectivity index (χ4n) is 11.2. The Morgan fingerprint density at radius 3 is 1.12 bits per heavy atom. The minimum atomic E-state index is -3.13. The summed E-state index contributed by atoms with van der Waals surface area (Å²) in [7, 11) is 0.